The highest BCUT2D eigenvalue weighted by Gasteiger charge is 2.10. The van der Waals surface area contributed by atoms with E-state index < -0.39 is 0 Å². The van der Waals surface area contributed by atoms with E-state index in [2.05, 4.69) is 20.6 Å². The van der Waals surface area contributed by atoms with Crippen molar-refractivity contribution in [1.29, 1.82) is 0 Å². The summed E-state index contributed by atoms with van der Waals surface area (Å²) in [5.74, 6) is 1.91. The van der Waals surface area contributed by atoms with Gasteiger partial charge in [-0.2, -0.15) is 0 Å². The Hall–Kier alpha value is -1.53. The molecular weight excluding hydrogens is 272 g/mol. The Morgan fingerprint density at radius 1 is 1.33 bits per heavy atom. The number of halogens is 1. The van der Waals surface area contributed by atoms with Crippen LogP contribution in [0.4, 0.5) is 11.6 Å². The maximum atomic E-state index is 5.88. The van der Waals surface area contributed by atoms with E-state index in [1.807, 2.05) is 12.1 Å². The van der Waals surface area contributed by atoms with Crippen molar-refractivity contribution in [2.75, 3.05) is 24.8 Å². The van der Waals surface area contributed by atoms with Gasteiger partial charge in [-0.25, -0.2) is 9.97 Å². The van der Waals surface area contributed by atoms with E-state index in [-0.39, 0.29) is 0 Å². The number of methoxy groups -OCH3 is 1. The zero-order valence-electron chi connectivity index (χ0n) is 10.0. The lowest BCUT2D eigenvalue weighted by Gasteiger charge is -2.11. The highest BCUT2D eigenvalue weighted by molar-refractivity contribution is 7.16. The van der Waals surface area contributed by atoms with Crippen molar-refractivity contribution in [2.45, 2.75) is 6.54 Å². The molecule has 96 valence electrons. The Kier molecular flexibility index (Phi) is 4.22. The van der Waals surface area contributed by atoms with Crippen LogP contribution >= 0.6 is 22.9 Å². The Morgan fingerprint density at radius 3 is 2.72 bits per heavy atom. The van der Waals surface area contributed by atoms with Crippen LogP contribution in [0.1, 0.15) is 4.88 Å². The molecule has 2 aromatic heterocycles. The van der Waals surface area contributed by atoms with Gasteiger partial charge in [0.25, 0.3) is 0 Å². The third kappa shape index (κ3) is 2.83. The predicted molar refractivity (Wildman–Crippen MR) is 74.8 cm³/mol. The summed E-state index contributed by atoms with van der Waals surface area (Å²) >= 11 is 7.41. The molecule has 0 amide bonds. The van der Waals surface area contributed by atoms with Crippen LogP contribution in [-0.2, 0) is 6.54 Å². The van der Waals surface area contributed by atoms with Gasteiger partial charge in [-0.15, -0.1) is 11.3 Å². The molecular formula is C11H13ClN4OS. The van der Waals surface area contributed by atoms with Gasteiger partial charge < -0.3 is 15.4 Å². The molecule has 2 heterocycles. The van der Waals surface area contributed by atoms with Crippen molar-refractivity contribution in [2.24, 2.45) is 0 Å². The second-order valence-electron chi connectivity index (χ2n) is 3.41. The van der Waals surface area contributed by atoms with Crippen molar-refractivity contribution in [3.8, 4) is 5.75 Å². The molecule has 0 aromatic carbocycles. The van der Waals surface area contributed by atoms with Gasteiger partial charge in [-0.1, -0.05) is 11.6 Å². The minimum Gasteiger partial charge on any atom is -0.490 e. The molecule has 0 spiro atoms. The summed E-state index contributed by atoms with van der Waals surface area (Å²) in [4.78, 5) is 9.38. The summed E-state index contributed by atoms with van der Waals surface area (Å²) in [7, 11) is 3.38. The minimum absolute atomic E-state index is 0.600. The largest absolute Gasteiger partial charge is 0.490 e. The first-order valence-corrected chi connectivity index (χ1v) is 6.49. The number of hydrogen-bond acceptors (Lipinski definition) is 6. The molecule has 0 bridgehead atoms. The second-order valence-corrected chi connectivity index (χ2v) is 5.21. The molecule has 7 heteroatoms. The first kappa shape index (κ1) is 12.9. The summed E-state index contributed by atoms with van der Waals surface area (Å²) in [6, 6.07) is 3.85. The third-order valence-corrected chi connectivity index (χ3v) is 3.53. The number of thiophene rings is 1. The van der Waals surface area contributed by atoms with Crippen LogP contribution in [0.2, 0.25) is 4.34 Å². The summed E-state index contributed by atoms with van der Waals surface area (Å²) in [6.45, 7) is 0.647. The van der Waals surface area contributed by atoms with Gasteiger partial charge in [-0.3, -0.25) is 0 Å². The van der Waals surface area contributed by atoms with Crippen LogP contribution in [-0.4, -0.2) is 24.1 Å². The summed E-state index contributed by atoms with van der Waals surface area (Å²) in [5, 5.41) is 6.16. The van der Waals surface area contributed by atoms with Crippen LogP contribution < -0.4 is 15.4 Å². The first-order chi connectivity index (χ1) is 8.74. The fraction of sp³-hybridized carbons (Fsp3) is 0.273. The van der Waals surface area contributed by atoms with Gasteiger partial charge in [0.15, 0.2) is 11.6 Å². The molecule has 0 aliphatic rings. The maximum absolute atomic E-state index is 5.88. The number of anilines is 2. The van der Waals surface area contributed by atoms with E-state index in [9.17, 15) is 0 Å². The van der Waals surface area contributed by atoms with Crippen LogP contribution in [0, 0.1) is 0 Å². The zero-order chi connectivity index (χ0) is 13.0. The number of rotatable bonds is 5. The zero-order valence-corrected chi connectivity index (χ0v) is 11.6. The quantitative estimate of drug-likeness (QED) is 0.884. The van der Waals surface area contributed by atoms with Gasteiger partial charge in [0.1, 0.15) is 6.33 Å². The number of ether oxygens (including phenoxy) is 1. The van der Waals surface area contributed by atoms with E-state index in [1.54, 1.807) is 14.2 Å². The number of nitrogens with one attached hydrogen (secondary N) is 2. The molecule has 18 heavy (non-hydrogen) atoms. The number of nitrogens with zero attached hydrogens (tertiary/aromatic N) is 2. The second kappa shape index (κ2) is 5.88. The molecule has 2 rings (SSSR count). The topological polar surface area (TPSA) is 59.1 Å². The van der Waals surface area contributed by atoms with E-state index >= 15 is 0 Å². The maximum Gasteiger partial charge on any atom is 0.204 e. The predicted octanol–water partition coefficient (Wildman–Crippen LogP) is 2.85. The average Bonchev–Trinajstić information content (AvgIpc) is 2.81. The highest BCUT2D eigenvalue weighted by atomic mass is 35.5. The Balaban J connectivity index is 2.13. The molecule has 2 aromatic rings. The van der Waals surface area contributed by atoms with Crippen LogP contribution in [0.3, 0.4) is 0 Å². The average molecular weight is 285 g/mol. The molecule has 0 atom stereocenters. The lowest BCUT2D eigenvalue weighted by Crippen LogP contribution is -2.05. The Morgan fingerprint density at radius 2 is 2.11 bits per heavy atom. The van der Waals surface area contributed by atoms with Crippen molar-refractivity contribution >= 4 is 34.6 Å². The van der Waals surface area contributed by atoms with E-state index in [0.29, 0.717) is 23.9 Å². The van der Waals surface area contributed by atoms with Crippen molar-refractivity contribution in [1.82, 2.24) is 9.97 Å². The fourth-order valence-corrected chi connectivity index (χ4v) is 2.52. The van der Waals surface area contributed by atoms with Gasteiger partial charge >= 0.3 is 0 Å². The van der Waals surface area contributed by atoms with E-state index in [0.717, 1.165) is 9.21 Å². The molecule has 0 fully saturated rings. The molecule has 0 saturated heterocycles. The third-order valence-electron chi connectivity index (χ3n) is 2.30. The molecule has 0 aliphatic carbocycles. The first-order valence-electron chi connectivity index (χ1n) is 5.29. The lowest BCUT2D eigenvalue weighted by atomic mass is 10.4. The summed E-state index contributed by atoms with van der Waals surface area (Å²) in [5.41, 5.74) is 0. The van der Waals surface area contributed by atoms with Crippen LogP contribution in [0.25, 0.3) is 0 Å². The highest BCUT2D eigenvalue weighted by Crippen LogP contribution is 2.29. The normalized spacial score (nSPS) is 10.2. The monoisotopic (exact) mass is 284 g/mol. The van der Waals surface area contributed by atoms with Crippen LogP contribution in [0.15, 0.2) is 18.5 Å². The van der Waals surface area contributed by atoms with Crippen molar-refractivity contribution in [3.63, 3.8) is 0 Å². The van der Waals surface area contributed by atoms with Gasteiger partial charge in [-0.05, 0) is 12.1 Å². The summed E-state index contributed by atoms with van der Waals surface area (Å²) in [6.07, 6.45) is 1.48. The lowest BCUT2D eigenvalue weighted by molar-refractivity contribution is 0.415. The standard InChI is InChI=1S/C11H13ClN4OS/c1-13-10-9(17-2)11(16-6-15-10)14-5-7-3-4-8(12)18-7/h3-4,6H,5H2,1-2H3,(H2,13,14,15,16). The molecule has 0 unspecified atom stereocenters. The Bertz CT molecular complexity index is 532. The minimum atomic E-state index is 0.600. The molecule has 5 nitrogen and oxygen atoms in total. The van der Waals surface area contributed by atoms with Crippen LogP contribution in [0.5, 0.6) is 5.75 Å². The smallest absolute Gasteiger partial charge is 0.204 e. The van der Waals surface area contributed by atoms with Gasteiger partial charge in [0.05, 0.1) is 18.0 Å². The SMILES string of the molecule is CNc1ncnc(NCc2ccc(Cl)s2)c1OC. The van der Waals surface area contributed by atoms with Gasteiger partial charge in [0.2, 0.25) is 5.75 Å². The molecule has 0 saturated carbocycles. The number of hydrogen-bond donors (Lipinski definition) is 2. The van der Waals surface area contributed by atoms with E-state index in [1.165, 1.54) is 17.7 Å². The molecule has 0 aliphatic heterocycles. The number of aromatic nitrogens is 2. The van der Waals surface area contributed by atoms with E-state index in [4.69, 9.17) is 16.3 Å². The molecule has 2 N–H and O–H groups in total. The Labute approximate surface area is 114 Å². The molecule has 0 radical (unpaired) electrons. The van der Waals surface area contributed by atoms with Crippen molar-refractivity contribution in [3.05, 3.63) is 27.7 Å². The fourth-order valence-electron chi connectivity index (χ4n) is 1.49. The van der Waals surface area contributed by atoms with Gasteiger partial charge in [0, 0.05) is 11.9 Å². The summed E-state index contributed by atoms with van der Waals surface area (Å²) < 4.78 is 6.06. The van der Waals surface area contributed by atoms with Crippen molar-refractivity contribution < 1.29 is 4.74 Å².